The van der Waals surface area contributed by atoms with Gasteiger partial charge in [0.05, 0.1) is 13.7 Å². The number of methoxy groups -OCH3 is 1. The fourth-order valence-electron chi connectivity index (χ4n) is 1.37. The van der Waals surface area contributed by atoms with E-state index in [4.69, 9.17) is 9.47 Å². The predicted octanol–water partition coefficient (Wildman–Crippen LogP) is 3.66. The van der Waals surface area contributed by atoms with E-state index in [0.717, 1.165) is 19.3 Å². The van der Waals surface area contributed by atoms with Crippen LogP contribution in [0.15, 0.2) is 23.4 Å². The van der Waals surface area contributed by atoms with E-state index >= 15 is 0 Å². The van der Waals surface area contributed by atoms with E-state index in [1.165, 1.54) is 0 Å². The van der Waals surface area contributed by atoms with Crippen molar-refractivity contribution in [2.24, 2.45) is 5.18 Å². The van der Waals surface area contributed by atoms with E-state index in [0.29, 0.717) is 23.8 Å². The highest BCUT2D eigenvalue weighted by Crippen LogP contribution is 2.31. The van der Waals surface area contributed by atoms with Crippen LogP contribution in [0, 0.1) is 4.91 Å². The maximum atomic E-state index is 10.4. The van der Waals surface area contributed by atoms with Crippen LogP contribution >= 0.6 is 0 Å². The Kier molecular flexibility index (Phi) is 5.32. The second-order valence-electron chi connectivity index (χ2n) is 3.48. The number of nitrogens with zero attached hydrogens (tertiary/aromatic N) is 1. The minimum atomic E-state index is 0.353. The summed E-state index contributed by atoms with van der Waals surface area (Å²) < 4.78 is 10.7. The molecule has 1 rings (SSSR count). The molecule has 4 heteroatoms. The van der Waals surface area contributed by atoms with Crippen molar-refractivity contribution in [1.82, 2.24) is 0 Å². The molecule has 4 nitrogen and oxygen atoms in total. The maximum absolute atomic E-state index is 10.4. The third kappa shape index (κ3) is 3.53. The second-order valence-corrected chi connectivity index (χ2v) is 3.48. The molecular formula is C12H17NO3. The Hall–Kier alpha value is -1.58. The molecule has 1 aromatic carbocycles. The maximum Gasteiger partial charge on any atom is 0.163 e. The molecule has 0 aliphatic rings. The van der Waals surface area contributed by atoms with E-state index in [2.05, 4.69) is 12.1 Å². The molecule has 0 amide bonds. The Morgan fingerprint density at radius 2 is 2.06 bits per heavy atom. The zero-order valence-corrected chi connectivity index (χ0v) is 9.73. The van der Waals surface area contributed by atoms with Gasteiger partial charge < -0.3 is 9.47 Å². The van der Waals surface area contributed by atoms with Crippen molar-refractivity contribution in [3.8, 4) is 11.5 Å². The third-order valence-corrected chi connectivity index (χ3v) is 2.26. The minimum absolute atomic E-state index is 0.353. The van der Waals surface area contributed by atoms with E-state index in [1.807, 2.05) is 0 Å². The molecule has 0 spiro atoms. The molecule has 0 heterocycles. The van der Waals surface area contributed by atoms with Crippen molar-refractivity contribution in [2.45, 2.75) is 26.2 Å². The third-order valence-electron chi connectivity index (χ3n) is 2.26. The lowest BCUT2D eigenvalue weighted by molar-refractivity contribution is 0.286. The first kappa shape index (κ1) is 12.5. The molecule has 0 aromatic heterocycles. The number of unbranched alkanes of at least 4 members (excludes halogenated alkanes) is 2. The van der Waals surface area contributed by atoms with Gasteiger partial charge in [0.2, 0.25) is 0 Å². The molecule has 0 unspecified atom stereocenters. The molecule has 0 saturated carbocycles. The van der Waals surface area contributed by atoms with Gasteiger partial charge in [0.15, 0.2) is 11.5 Å². The number of ether oxygens (including phenoxy) is 2. The number of hydrogen-bond donors (Lipinski definition) is 0. The summed E-state index contributed by atoms with van der Waals surface area (Å²) in [5.74, 6) is 1.21. The highest BCUT2D eigenvalue weighted by Gasteiger charge is 2.05. The quantitative estimate of drug-likeness (QED) is 0.523. The van der Waals surface area contributed by atoms with Crippen molar-refractivity contribution in [3.05, 3.63) is 23.1 Å². The molecule has 0 N–H and O–H groups in total. The Morgan fingerprint density at radius 3 is 2.69 bits per heavy atom. The van der Waals surface area contributed by atoms with Crippen LogP contribution in [0.1, 0.15) is 26.2 Å². The summed E-state index contributed by atoms with van der Waals surface area (Å²) in [5.41, 5.74) is 0.353. The van der Waals surface area contributed by atoms with E-state index in [9.17, 15) is 4.91 Å². The molecule has 16 heavy (non-hydrogen) atoms. The zero-order chi connectivity index (χ0) is 11.8. The summed E-state index contributed by atoms with van der Waals surface area (Å²) in [6.45, 7) is 2.77. The fraction of sp³-hybridized carbons (Fsp3) is 0.500. The Bertz CT molecular complexity index is 339. The molecular weight excluding hydrogens is 206 g/mol. The van der Waals surface area contributed by atoms with Gasteiger partial charge in [0.25, 0.3) is 0 Å². The van der Waals surface area contributed by atoms with Gasteiger partial charge in [-0.05, 0) is 23.7 Å². The summed E-state index contributed by atoms with van der Waals surface area (Å²) in [5, 5.41) is 2.87. The fourth-order valence-corrected chi connectivity index (χ4v) is 1.37. The van der Waals surface area contributed by atoms with Crippen molar-refractivity contribution >= 4 is 5.69 Å². The van der Waals surface area contributed by atoms with E-state index in [1.54, 1.807) is 25.3 Å². The normalized spacial score (nSPS) is 9.88. The Balaban J connectivity index is 2.64. The van der Waals surface area contributed by atoms with Gasteiger partial charge in [-0.1, -0.05) is 19.8 Å². The summed E-state index contributed by atoms with van der Waals surface area (Å²) in [6, 6.07) is 4.88. The van der Waals surface area contributed by atoms with E-state index in [-0.39, 0.29) is 0 Å². The lowest BCUT2D eigenvalue weighted by Gasteiger charge is -2.10. The smallest absolute Gasteiger partial charge is 0.163 e. The lowest BCUT2D eigenvalue weighted by atomic mass is 10.2. The molecule has 0 atom stereocenters. The molecule has 0 aliphatic carbocycles. The predicted molar refractivity (Wildman–Crippen MR) is 63.5 cm³/mol. The van der Waals surface area contributed by atoms with Crippen LogP contribution in [-0.4, -0.2) is 13.7 Å². The monoisotopic (exact) mass is 223 g/mol. The number of rotatable bonds is 7. The number of benzene rings is 1. The van der Waals surface area contributed by atoms with Gasteiger partial charge >= 0.3 is 0 Å². The highest BCUT2D eigenvalue weighted by atomic mass is 16.5. The molecule has 88 valence electrons. The van der Waals surface area contributed by atoms with Crippen LogP contribution in [-0.2, 0) is 0 Å². The molecule has 0 fully saturated rings. The SMILES string of the molecule is CCCCCOc1cc(N=O)ccc1OC. The van der Waals surface area contributed by atoms with Crippen molar-refractivity contribution in [3.63, 3.8) is 0 Å². The molecule has 0 aliphatic heterocycles. The van der Waals surface area contributed by atoms with Gasteiger partial charge in [0.1, 0.15) is 5.69 Å². The van der Waals surface area contributed by atoms with Crippen LogP contribution in [0.5, 0.6) is 11.5 Å². The zero-order valence-electron chi connectivity index (χ0n) is 9.73. The first-order valence-corrected chi connectivity index (χ1v) is 5.46. The topological polar surface area (TPSA) is 47.9 Å². The van der Waals surface area contributed by atoms with Gasteiger partial charge in [-0.25, -0.2) is 0 Å². The molecule has 0 saturated heterocycles. The Labute approximate surface area is 95.5 Å². The molecule has 0 radical (unpaired) electrons. The summed E-state index contributed by atoms with van der Waals surface area (Å²) >= 11 is 0. The van der Waals surface area contributed by atoms with Gasteiger partial charge in [-0.3, -0.25) is 0 Å². The van der Waals surface area contributed by atoms with Crippen LogP contribution in [0.4, 0.5) is 5.69 Å². The molecule has 1 aromatic rings. The lowest BCUT2D eigenvalue weighted by Crippen LogP contribution is -1.98. The van der Waals surface area contributed by atoms with E-state index < -0.39 is 0 Å². The van der Waals surface area contributed by atoms with Crippen molar-refractivity contribution in [1.29, 1.82) is 0 Å². The first-order chi connectivity index (χ1) is 7.81. The van der Waals surface area contributed by atoms with Crippen molar-refractivity contribution < 1.29 is 9.47 Å². The first-order valence-electron chi connectivity index (χ1n) is 5.46. The van der Waals surface area contributed by atoms with Crippen LogP contribution in [0.3, 0.4) is 0 Å². The van der Waals surface area contributed by atoms with Gasteiger partial charge in [0, 0.05) is 6.07 Å². The summed E-state index contributed by atoms with van der Waals surface area (Å²) in [6.07, 6.45) is 3.28. The second kappa shape index (κ2) is 6.82. The van der Waals surface area contributed by atoms with Gasteiger partial charge in [-0.15, -0.1) is 4.91 Å². The van der Waals surface area contributed by atoms with Gasteiger partial charge in [-0.2, -0.15) is 0 Å². The molecule has 0 bridgehead atoms. The highest BCUT2D eigenvalue weighted by molar-refractivity contribution is 5.51. The Morgan fingerprint density at radius 1 is 1.25 bits per heavy atom. The summed E-state index contributed by atoms with van der Waals surface area (Å²) in [4.78, 5) is 10.4. The largest absolute Gasteiger partial charge is 0.493 e. The van der Waals surface area contributed by atoms with Crippen LogP contribution < -0.4 is 9.47 Å². The minimum Gasteiger partial charge on any atom is -0.493 e. The number of nitroso groups, excluding NO2 is 1. The number of hydrogen-bond acceptors (Lipinski definition) is 4. The average molecular weight is 223 g/mol. The van der Waals surface area contributed by atoms with Crippen LogP contribution in [0.25, 0.3) is 0 Å². The summed E-state index contributed by atoms with van der Waals surface area (Å²) in [7, 11) is 1.57. The average Bonchev–Trinajstić information content (AvgIpc) is 2.34. The standard InChI is InChI=1S/C12H17NO3/c1-3-4-5-8-16-12-9-10(13-14)6-7-11(12)15-2/h6-7,9H,3-5,8H2,1-2H3. The van der Waals surface area contributed by atoms with Crippen molar-refractivity contribution in [2.75, 3.05) is 13.7 Å². The van der Waals surface area contributed by atoms with Crippen LogP contribution in [0.2, 0.25) is 0 Å².